The summed E-state index contributed by atoms with van der Waals surface area (Å²) >= 11 is 0. The van der Waals surface area contributed by atoms with Gasteiger partial charge in [-0.3, -0.25) is 14.9 Å². The Bertz CT molecular complexity index is 582. The van der Waals surface area contributed by atoms with Gasteiger partial charge in [-0.05, 0) is 32.9 Å². The maximum atomic E-state index is 12.1. The van der Waals surface area contributed by atoms with Crippen LogP contribution in [0.4, 0.5) is 5.69 Å². The quantitative estimate of drug-likeness (QED) is 0.810. The Kier molecular flexibility index (Phi) is 3.91. The molecule has 0 unspecified atom stereocenters. The molecule has 6 heteroatoms. The Morgan fingerprint density at radius 1 is 1.38 bits per heavy atom. The first kappa shape index (κ1) is 15.3. The summed E-state index contributed by atoms with van der Waals surface area (Å²) in [6.07, 6.45) is 0. The second-order valence-corrected chi connectivity index (χ2v) is 5.70. The number of nitrogens with two attached hydrogens (primary N) is 1. The Balaban J connectivity index is 2.59. The molecule has 0 radical (unpaired) electrons. The SMILES string of the molecule is COc1cccc(N2CC(=O)NC(=O)C2(C)C)c1[C@@H](C)N. The van der Waals surface area contributed by atoms with Crippen molar-refractivity contribution in [2.75, 3.05) is 18.6 Å². The number of hydrogen-bond acceptors (Lipinski definition) is 5. The molecule has 0 saturated carbocycles. The molecule has 2 amide bonds. The molecule has 1 atom stereocenters. The number of piperazine rings is 1. The molecule has 0 aliphatic carbocycles. The molecule has 1 fully saturated rings. The van der Waals surface area contributed by atoms with E-state index in [2.05, 4.69) is 5.32 Å². The summed E-state index contributed by atoms with van der Waals surface area (Å²) < 4.78 is 5.37. The Morgan fingerprint density at radius 3 is 2.62 bits per heavy atom. The topological polar surface area (TPSA) is 84.7 Å². The van der Waals surface area contributed by atoms with Crippen molar-refractivity contribution >= 4 is 17.5 Å². The van der Waals surface area contributed by atoms with E-state index in [4.69, 9.17) is 10.5 Å². The lowest BCUT2D eigenvalue weighted by molar-refractivity contribution is -0.135. The zero-order valence-corrected chi connectivity index (χ0v) is 12.8. The van der Waals surface area contributed by atoms with Gasteiger partial charge in [0, 0.05) is 17.3 Å². The molecule has 2 rings (SSSR count). The van der Waals surface area contributed by atoms with Gasteiger partial charge in [-0.25, -0.2) is 0 Å². The minimum Gasteiger partial charge on any atom is -0.496 e. The Hall–Kier alpha value is -2.08. The molecule has 3 N–H and O–H groups in total. The number of methoxy groups -OCH3 is 1. The van der Waals surface area contributed by atoms with E-state index < -0.39 is 5.54 Å². The molecule has 0 spiro atoms. The van der Waals surface area contributed by atoms with Crippen LogP contribution in [0.1, 0.15) is 32.4 Å². The predicted molar refractivity (Wildman–Crippen MR) is 80.2 cm³/mol. The van der Waals surface area contributed by atoms with E-state index in [1.165, 1.54) is 0 Å². The van der Waals surface area contributed by atoms with Crippen LogP contribution in [0.3, 0.4) is 0 Å². The molecule has 1 saturated heterocycles. The number of carbonyl (C=O) groups excluding carboxylic acids is 2. The van der Waals surface area contributed by atoms with Crippen LogP contribution < -0.4 is 20.7 Å². The smallest absolute Gasteiger partial charge is 0.251 e. The van der Waals surface area contributed by atoms with Crippen LogP contribution in [0.2, 0.25) is 0 Å². The standard InChI is InChI=1S/C15H21N3O3/c1-9(16)13-10(6-5-7-11(13)21-4)18-8-12(19)17-14(20)15(18,2)3/h5-7,9H,8,16H2,1-4H3,(H,17,19,20)/t9-/m1/s1. The highest BCUT2D eigenvalue weighted by Crippen LogP contribution is 2.37. The van der Waals surface area contributed by atoms with Crippen molar-refractivity contribution in [3.63, 3.8) is 0 Å². The number of hydrogen-bond donors (Lipinski definition) is 2. The van der Waals surface area contributed by atoms with Crippen molar-refractivity contribution in [3.8, 4) is 5.75 Å². The van der Waals surface area contributed by atoms with Crippen molar-refractivity contribution in [1.29, 1.82) is 0 Å². The molecule has 1 aromatic carbocycles. The minimum absolute atomic E-state index is 0.103. The van der Waals surface area contributed by atoms with Crippen LogP contribution in [-0.4, -0.2) is 31.0 Å². The summed E-state index contributed by atoms with van der Waals surface area (Å²) in [4.78, 5) is 25.6. The lowest BCUT2D eigenvalue weighted by Gasteiger charge is -2.43. The summed E-state index contributed by atoms with van der Waals surface area (Å²) in [5.74, 6) is 0.00620. The van der Waals surface area contributed by atoms with Gasteiger partial charge in [-0.1, -0.05) is 6.07 Å². The summed E-state index contributed by atoms with van der Waals surface area (Å²) in [6.45, 7) is 5.50. The minimum atomic E-state index is -0.843. The number of benzene rings is 1. The first-order valence-corrected chi connectivity index (χ1v) is 6.83. The third kappa shape index (κ3) is 2.58. The number of amides is 2. The van der Waals surface area contributed by atoms with Gasteiger partial charge in [-0.2, -0.15) is 0 Å². The summed E-state index contributed by atoms with van der Waals surface area (Å²) in [6, 6.07) is 5.22. The van der Waals surface area contributed by atoms with Gasteiger partial charge in [0.1, 0.15) is 11.3 Å². The zero-order valence-electron chi connectivity index (χ0n) is 12.8. The van der Waals surface area contributed by atoms with Gasteiger partial charge in [0.25, 0.3) is 5.91 Å². The Morgan fingerprint density at radius 2 is 2.05 bits per heavy atom. The van der Waals surface area contributed by atoms with Crippen molar-refractivity contribution < 1.29 is 14.3 Å². The first-order valence-electron chi connectivity index (χ1n) is 6.83. The van der Waals surface area contributed by atoms with Crippen molar-refractivity contribution in [2.24, 2.45) is 5.73 Å². The highest BCUT2D eigenvalue weighted by molar-refractivity contribution is 6.06. The summed E-state index contributed by atoms with van der Waals surface area (Å²) in [7, 11) is 1.57. The average molecular weight is 291 g/mol. The number of imide groups is 1. The van der Waals surface area contributed by atoms with Crippen LogP contribution in [0, 0.1) is 0 Å². The molecule has 1 heterocycles. The van der Waals surface area contributed by atoms with Gasteiger partial charge in [0.05, 0.1) is 13.7 Å². The fourth-order valence-corrected chi connectivity index (χ4v) is 2.57. The number of nitrogens with zero attached hydrogens (tertiary/aromatic N) is 1. The van der Waals surface area contributed by atoms with Gasteiger partial charge in [0.15, 0.2) is 0 Å². The van der Waals surface area contributed by atoms with Gasteiger partial charge >= 0.3 is 0 Å². The third-order valence-corrected chi connectivity index (χ3v) is 3.79. The van der Waals surface area contributed by atoms with E-state index in [1.807, 2.05) is 25.1 Å². The van der Waals surface area contributed by atoms with Crippen LogP contribution in [-0.2, 0) is 9.59 Å². The zero-order chi connectivity index (χ0) is 15.8. The van der Waals surface area contributed by atoms with E-state index in [0.717, 1.165) is 11.3 Å². The molecule has 114 valence electrons. The van der Waals surface area contributed by atoms with Gasteiger partial charge < -0.3 is 15.4 Å². The van der Waals surface area contributed by atoms with E-state index in [0.29, 0.717) is 5.75 Å². The van der Waals surface area contributed by atoms with E-state index in [9.17, 15) is 9.59 Å². The highest BCUT2D eigenvalue weighted by atomic mass is 16.5. The highest BCUT2D eigenvalue weighted by Gasteiger charge is 2.42. The van der Waals surface area contributed by atoms with Gasteiger partial charge in [-0.15, -0.1) is 0 Å². The lowest BCUT2D eigenvalue weighted by Crippen LogP contribution is -2.64. The number of carbonyl (C=O) groups is 2. The Labute approximate surface area is 124 Å². The van der Waals surface area contributed by atoms with E-state index >= 15 is 0 Å². The summed E-state index contributed by atoms with van der Waals surface area (Å²) in [5, 5.41) is 2.36. The molecule has 6 nitrogen and oxygen atoms in total. The van der Waals surface area contributed by atoms with Crippen LogP contribution in [0.25, 0.3) is 0 Å². The van der Waals surface area contributed by atoms with Crippen LogP contribution in [0.15, 0.2) is 18.2 Å². The average Bonchev–Trinajstić information content (AvgIpc) is 2.42. The fraction of sp³-hybridized carbons (Fsp3) is 0.467. The van der Waals surface area contributed by atoms with Crippen LogP contribution in [0.5, 0.6) is 5.75 Å². The van der Waals surface area contributed by atoms with Crippen LogP contribution >= 0.6 is 0 Å². The second-order valence-electron chi connectivity index (χ2n) is 5.70. The molecule has 1 aromatic rings. The fourth-order valence-electron chi connectivity index (χ4n) is 2.57. The molecular weight excluding hydrogens is 270 g/mol. The predicted octanol–water partition coefficient (Wildman–Crippen LogP) is 0.956. The number of rotatable bonds is 3. The van der Waals surface area contributed by atoms with Crippen molar-refractivity contribution in [2.45, 2.75) is 32.4 Å². The number of anilines is 1. The maximum Gasteiger partial charge on any atom is 0.251 e. The molecule has 0 bridgehead atoms. The van der Waals surface area contributed by atoms with Crippen molar-refractivity contribution in [3.05, 3.63) is 23.8 Å². The third-order valence-electron chi connectivity index (χ3n) is 3.79. The summed E-state index contributed by atoms with van der Waals surface area (Å²) in [5.41, 5.74) is 6.76. The van der Waals surface area contributed by atoms with E-state index in [-0.39, 0.29) is 24.4 Å². The maximum absolute atomic E-state index is 12.1. The van der Waals surface area contributed by atoms with Gasteiger partial charge in [0.2, 0.25) is 5.91 Å². The monoisotopic (exact) mass is 291 g/mol. The second kappa shape index (κ2) is 5.37. The molecule has 1 aliphatic rings. The molecular formula is C15H21N3O3. The molecule has 0 aromatic heterocycles. The molecule has 21 heavy (non-hydrogen) atoms. The molecule has 1 aliphatic heterocycles. The first-order chi connectivity index (χ1) is 9.78. The number of ether oxygens (including phenoxy) is 1. The number of nitrogens with one attached hydrogen (secondary N) is 1. The lowest BCUT2D eigenvalue weighted by atomic mass is 9.94. The normalized spacial score (nSPS) is 19.2. The largest absolute Gasteiger partial charge is 0.496 e. The van der Waals surface area contributed by atoms with Crippen molar-refractivity contribution in [1.82, 2.24) is 5.32 Å². The van der Waals surface area contributed by atoms with E-state index in [1.54, 1.807) is 25.9 Å².